The van der Waals surface area contributed by atoms with Gasteiger partial charge < -0.3 is 51.0 Å². The third kappa shape index (κ3) is 22.0. The highest BCUT2D eigenvalue weighted by Crippen LogP contribution is 2.41. The molecule has 8 N–H and O–H groups in total. The number of benzene rings is 4. The molecule has 124 heavy (non-hydrogen) atoms. The fourth-order valence-corrected chi connectivity index (χ4v) is 13.5. The maximum Gasteiger partial charge on any atom is 0.416 e. The maximum absolute atomic E-state index is 13.5. The normalized spacial score (nSPS) is 11.5. The third-order valence-corrected chi connectivity index (χ3v) is 19.4. The molecule has 0 spiro atoms. The van der Waals surface area contributed by atoms with Crippen molar-refractivity contribution in [3.8, 4) is 89.0 Å². The quantitative estimate of drug-likeness (QED) is 0.0260. The molecular formula is C96H84F6N18O4. The van der Waals surface area contributed by atoms with Crippen molar-refractivity contribution in [1.82, 2.24) is 69.6 Å². The predicted octanol–water partition coefficient (Wildman–Crippen LogP) is 20.8. The molecule has 12 aromatic heterocycles. The van der Waals surface area contributed by atoms with E-state index in [9.17, 15) is 45.5 Å². The maximum atomic E-state index is 13.5. The molecule has 0 fully saturated rings. The van der Waals surface area contributed by atoms with Crippen molar-refractivity contribution in [3.63, 3.8) is 0 Å². The van der Waals surface area contributed by atoms with E-state index in [1.165, 1.54) is 36.7 Å². The number of aromatic nitrogens is 12. The van der Waals surface area contributed by atoms with Crippen LogP contribution in [0.1, 0.15) is 33.6 Å². The van der Waals surface area contributed by atoms with Crippen LogP contribution in [-0.4, -0.2) is 135 Å². The van der Waals surface area contributed by atoms with Crippen molar-refractivity contribution in [2.75, 3.05) is 62.5 Å². The Morgan fingerprint density at radius 2 is 0.669 bits per heavy atom. The number of alkyl halides is 6. The number of H-pyrrole nitrogens is 4. The highest BCUT2D eigenvalue weighted by molar-refractivity contribution is 6.04. The van der Waals surface area contributed by atoms with Crippen LogP contribution in [0.4, 0.5) is 49.1 Å². The number of aryl methyl sites for hydroxylation is 4. The van der Waals surface area contributed by atoms with E-state index in [0.29, 0.717) is 58.0 Å². The van der Waals surface area contributed by atoms with Crippen LogP contribution in [0.25, 0.3) is 133 Å². The molecule has 22 nitrogen and oxygen atoms in total. The lowest BCUT2D eigenvalue weighted by atomic mass is 9.99. The van der Waals surface area contributed by atoms with Crippen molar-refractivity contribution >= 4 is 90.5 Å². The molecule has 0 saturated heterocycles. The minimum Gasteiger partial charge on any atom is -0.346 e. The van der Waals surface area contributed by atoms with Gasteiger partial charge in [-0.15, -0.1) is 0 Å². The van der Waals surface area contributed by atoms with Gasteiger partial charge in [0, 0.05) is 200 Å². The first-order valence-electron chi connectivity index (χ1n) is 38.8. The molecule has 0 bridgehead atoms. The first-order chi connectivity index (χ1) is 59.5. The van der Waals surface area contributed by atoms with E-state index in [-0.39, 0.29) is 23.2 Å². The predicted molar refractivity (Wildman–Crippen MR) is 478 cm³/mol. The number of aromatic amines is 4. The lowest BCUT2D eigenvalue weighted by Gasteiger charge is -2.13. The number of anilines is 4. The Balaban J connectivity index is 0.000000142. The van der Waals surface area contributed by atoms with Gasteiger partial charge in [-0.2, -0.15) is 26.3 Å². The van der Waals surface area contributed by atoms with Crippen molar-refractivity contribution in [3.05, 3.63) is 316 Å². The van der Waals surface area contributed by atoms with E-state index in [0.717, 1.165) is 159 Å². The molecule has 624 valence electrons. The Morgan fingerprint density at radius 1 is 0.355 bits per heavy atom. The van der Waals surface area contributed by atoms with Gasteiger partial charge in [0.15, 0.2) is 0 Å². The first kappa shape index (κ1) is 86.4. The van der Waals surface area contributed by atoms with Crippen LogP contribution >= 0.6 is 0 Å². The fourth-order valence-electron chi connectivity index (χ4n) is 13.5. The Morgan fingerprint density at radius 3 is 0.984 bits per heavy atom. The minimum absolute atomic E-state index is 0.0304. The molecule has 0 atom stereocenters. The number of carbonyl (C=O) groups excluding carboxylic acids is 4. The van der Waals surface area contributed by atoms with Crippen LogP contribution in [0.5, 0.6) is 0 Å². The molecule has 16 rings (SSSR count). The van der Waals surface area contributed by atoms with Gasteiger partial charge >= 0.3 is 12.4 Å². The molecule has 0 aliphatic carbocycles. The SMILES string of the molecule is C=CC(=O)Nc1cc(-c2cnc3[nH]cc(-c4cccc(C)c4)c3c2)cc(C(F)(F)F)c1.C=CC(=O)Nc1cc(-c2cnc3[nH]cc(-c4cccc(C)c4)c3c2)cc(C(F)(F)F)c1.Cc1cc(-c2c[nH]c3ncc(-c4cncc(NC(=O)/C=C/CN(C)C)c4)cc23)ccn1.Cc1cc(-c2c[nH]c3ncc(-c4cncc(NC(=O)/C=C/CN(C)C)c4)cc23)ccn1. The van der Waals surface area contributed by atoms with E-state index in [4.69, 9.17) is 0 Å². The minimum atomic E-state index is -4.57. The molecule has 4 aromatic carbocycles. The van der Waals surface area contributed by atoms with Gasteiger partial charge in [0.2, 0.25) is 23.6 Å². The number of nitrogens with one attached hydrogen (secondary N) is 8. The summed E-state index contributed by atoms with van der Waals surface area (Å²) in [5.74, 6) is -1.55. The second-order valence-corrected chi connectivity index (χ2v) is 29.6. The summed E-state index contributed by atoms with van der Waals surface area (Å²) in [6.07, 6.45) is 24.2. The molecule has 4 amide bonds. The number of halogens is 6. The standard InChI is InChI=1S/2C24H18F3N3O.2C24H24N6O/c2*1-3-22(31)30-19-9-16(8-18(11-19)24(25,26)27)17-10-20-21(13-29-23(20)28-12-17)15-6-4-5-14(2)7-15;2*1-16-9-17(6-7-26-16)22-15-28-24-21(22)11-19(13-27-24)18-10-20(14-25-12-18)29-23(31)5-4-8-30(2)3/h2*3-13H,1H2,2H3,(H,28,29)(H,30,31);2*4-7,9-15H,8H2,1-3H3,(H,27,28)(H,29,31)/b;;2*5-4+. The van der Waals surface area contributed by atoms with Gasteiger partial charge in [-0.1, -0.05) is 85.0 Å². The van der Waals surface area contributed by atoms with E-state index in [2.05, 4.69) is 118 Å². The molecule has 0 aliphatic heterocycles. The summed E-state index contributed by atoms with van der Waals surface area (Å²) < 4.78 is 80.7. The Kier molecular flexibility index (Phi) is 26.7. The molecule has 0 unspecified atom stereocenters. The van der Waals surface area contributed by atoms with Gasteiger partial charge in [0.25, 0.3) is 0 Å². The summed E-state index contributed by atoms with van der Waals surface area (Å²) in [4.78, 5) is 99.3. The molecule has 0 saturated carbocycles. The summed E-state index contributed by atoms with van der Waals surface area (Å²) in [7, 11) is 7.80. The van der Waals surface area contributed by atoms with Gasteiger partial charge in [0.05, 0.1) is 34.9 Å². The molecule has 28 heteroatoms. The van der Waals surface area contributed by atoms with Crippen molar-refractivity contribution < 1.29 is 45.5 Å². The summed E-state index contributed by atoms with van der Waals surface area (Å²) >= 11 is 0. The Bertz CT molecular complexity index is 6330. The van der Waals surface area contributed by atoms with Crippen LogP contribution in [0.2, 0.25) is 0 Å². The summed E-state index contributed by atoms with van der Waals surface area (Å²) in [5, 5.41) is 14.1. The highest BCUT2D eigenvalue weighted by atomic mass is 19.4. The van der Waals surface area contributed by atoms with E-state index < -0.39 is 35.3 Å². The monoisotopic (exact) mass is 1670 g/mol. The summed E-state index contributed by atoms with van der Waals surface area (Å²) in [5.41, 5.74) is 19.9. The lowest BCUT2D eigenvalue weighted by Crippen LogP contribution is -2.13. The van der Waals surface area contributed by atoms with Gasteiger partial charge in [0.1, 0.15) is 22.6 Å². The van der Waals surface area contributed by atoms with E-state index in [1.807, 2.05) is 188 Å². The summed E-state index contributed by atoms with van der Waals surface area (Å²) in [6, 6.07) is 42.4. The van der Waals surface area contributed by atoms with Crippen LogP contribution < -0.4 is 21.3 Å². The van der Waals surface area contributed by atoms with Crippen LogP contribution in [-0.2, 0) is 31.5 Å². The molecule has 0 radical (unpaired) electrons. The topological polar surface area (TPSA) is 289 Å². The smallest absolute Gasteiger partial charge is 0.346 e. The average Bonchev–Trinajstić information content (AvgIpc) is 1.58. The first-order valence-corrected chi connectivity index (χ1v) is 38.8. The Labute approximate surface area is 709 Å². The number of nitrogens with zero attached hydrogens (tertiary/aromatic N) is 10. The lowest BCUT2D eigenvalue weighted by molar-refractivity contribution is -0.138. The molecular weight excluding hydrogens is 1580 g/mol. The average molecular weight is 1670 g/mol. The largest absolute Gasteiger partial charge is 0.416 e. The van der Waals surface area contributed by atoms with Crippen LogP contribution in [0.15, 0.2) is 282 Å². The fraction of sp³-hybridized carbons (Fsp3) is 0.125. The second kappa shape index (κ2) is 38.3. The number of likely N-dealkylation sites (N-methyl/N-ethyl adjacent to an activating group) is 2. The summed E-state index contributed by atoms with van der Waals surface area (Å²) in [6.45, 7) is 16.0. The van der Waals surface area contributed by atoms with E-state index >= 15 is 0 Å². The van der Waals surface area contributed by atoms with Crippen LogP contribution in [0.3, 0.4) is 0 Å². The second-order valence-electron chi connectivity index (χ2n) is 29.6. The number of carbonyl (C=O) groups is 4. The zero-order valence-corrected chi connectivity index (χ0v) is 68.6. The number of pyridine rings is 8. The zero-order valence-electron chi connectivity index (χ0n) is 68.6. The zero-order chi connectivity index (χ0) is 87.9. The number of rotatable bonds is 20. The molecule has 16 aromatic rings. The van der Waals surface area contributed by atoms with Crippen LogP contribution in [0, 0.1) is 27.7 Å². The highest BCUT2D eigenvalue weighted by Gasteiger charge is 2.33. The van der Waals surface area contributed by atoms with Crippen molar-refractivity contribution in [2.24, 2.45) is 0 Å². The number of hydrogen-bond acceptors (Lipinski definition) is 14. The number of fused-ring (bicyclic) bond motifs is 4. The van der Waals surface area contributed by atoms with E-state index in [1.54, 1.807) is 49.3 Å². The molecule has 0 aliphatic rings. The van der Waals surface area contributed by atoms with Gasteiger partial charge in [-0.05, 0) is 198 Å². The number of amides is 4. The molecule has 12 heterocycles. The van der Waals surface area contributed by atoms with Crippen molar-refractivity contribution in [1.29, 1.82) is 0 Å². The Hall–Kier alpha value is -15.4. The third-order valence-electron chi connectivity index (χ3n) is 19.4. The number of hydrogen-bond donors (Lipinski definition) is 8. The van der Waals surface area contributed by atoms with Gasteiger partial charge in [-0.25, -0.2) is 19.9 Å². The van der Waals surface area contributed by atoms with Crippen molar-refractivity contribution in [2.45, 2.75) is 40.0 Å². The van der Waals surface area contributed by atoms with Gasteiger partial charge in [-0.3, -0.25) is 39.1 Å².